The number of hydrogen-bond donors (Lipinski definition) is 2. The second-order valence-electron chi connectivity index (χ2n) is 7.12. The van der Waals surface area contributed by atoms with Crippen molar-refractivity contribution >= 4 is 6.09 Å². The van der Waals surface area contributed by atoms with E-state index in [1.165, 1.54) is 0 Å². The van der Waals surface area contributed by atoms with E-state index in [4.69, 9.17) is 9.84 Å². The third-order valence-corrected chi connectivity index (χ3v) is 3.39. The second-order valence-corrected chi connectivity index (χ2v) is 7.12. The van der Waals surface area contributed by atoms with Crippen LogP contribution >= 0.6 is 0 Å². The fourth-order valence-electron chi connectivity index (χ4n) is 2.06. The van der Waals surface area contributed by atoms with Gasteiger partial charge in [0.15, 0.2) is 0 Å². The van der Waals surface area contributed by atoms with Crippen LogP contribution in [-0.4, -0.2) is 29.4 Å². The molecule has 0 aromatic heterocycles. The van der Waals surface area contributed by atoms with E-state index >= 15 is 0 Å². The van der Waals surface area contributed by atoms with Crippen LogP contribution in [0.15, 0.2) is 24.3 Å². The number of alkyl carbamates (subject to hydrolysis) is 1. The Morgan fingerprint density at radius 2 is 1.96 bits per heavy atom. The normalized spacial score (nSPS) is 13.4. The van der Waals surface area contributed by atoms with E-state index in [1.807, 2.05) is 52.8 Å². The molecule has 1 amide bonds. The number of benzene rings is 1. The highest BCUT2D eigenvalue weighted by molar-refractivity contribution is 5.68. The number of aliphatic hydroxyl groups is 1. The van der Waals surface area contributed by atoms with Gasteiger partial charge in [-0.3, -0.25) is 0 Å². The third kappa shape index (κ3) is 8.03. The minimum Gasteiger partial charge on any atom is -0.444 e. The largest absolute Gasteiger partial charge is 0.444 e. The molecule has 1 rings (SSSR count). The highest BCUT2D eigenvalue weighted by Crippen LogP contribution is 2.13. The fraction of sp³-hybridized carbons (Fsp3) is 0.550. The smallest absolute Gasteiger partial charge is 0.408 e. The molecule has 132 valence electrons. The Morgan fingerprint density at radius 1 is 1.29 bits per heavy atom. The van der Waals surface area contributed by atoms with Crippen LogP contribution in [-0.2, 0) is 11.2 Å². The number of carbonyl (C=O) groups is 1. The molecule has 0 aliphatic heterocycles. The first-order valence-corrected chi connectivity index (χ1v) is 8.41. The molecule has 2 atom stereocenters. The lowest BCUT2D eigenvalue weighted by Gasteiger charge is -2.20. The summed E-state index contributed by atoms with van der Waals surface area (Å²) in [4.78, 5) is 11.7. The molecule has 0 spiro atoms. The van der Waals surface area contributed by atoms with Crippen molar-refractivity contribution in [1.82, 2.24) is 5.32 Å². The lowest BCUT2D eigenvalue weighted by Crippen LogP contribution is -2.37. The molecule has 24 heavy (non-hydrogen) atoms. The van der Waals surface area contributed by atoms with E-state index in [2.05, 4.69) is 23.2 Å². The average Bonchev–Trinajstić information content (AvgIpc) is 2.49. The Bertz CT molecular complexity index is 593. The fourth-order valence-corrected chi connectivity index (χ4v) is 2.06. The van der Waals surface area contributed by atoms with E-state index in [0.717, 1.165) is 24.0 Å². The van der Waals surface area contributed by atoms with Crippen LogP contribution in [0.2, 0.25) is 0 Å². The Morgan fingerprint density at radius 3 is 2.58 bits per heavy atom. The zero-order valence-electron chi connectivity index (χ0n) is 15.3. The van der Waals surface area contributed by atoms with Gasteiger partial charge in [0.1, 0.15) is 5.60 Å². The molecule has 2 N–H and O–H groups in total. The highest BCUT2D eigenvalue weighted by atomic mass is 16.6. The molecule has 0 radical (unpaired) electrons. The summed E-state index contributed by atoms with van der Waals surface area (Å²) < 4.78 is 5.22. The van der Waals surface area contributed by atoms with Crippen molar-refractivity contribution in [3.63, 3.8) is 0 Å². The summed E-state index contributed by atoms with van der Waals surface area (Å²) in [6.45, 7) is 9.53. The van der Waals surface area contributed by atoms with Crippen molar-refractivity contribution in [3.05, 3.63) is 35.4 Å². The van der Waals surface area contributed by atoms with Gasteiger partial charge in [0.2, 0.25) is 0 Å². The van der Waals surface area contributed by atoms with Gasteiger partial charge >= 0.3 is 6.09 Å². The number of ether oxygens (including phenoxy) is 1. The first-order chi connectivity index (χ1) is 11.2. The van der Waals surface area contributed by atoms with Crippen LogP contribution in [0.4, 0.5) is 4.79 Å². The molecule has 0 aliphatic carbocycles. The van der Waals surface area contributed by atoms with Crippen molar-refractivity contribution < 1.29 is 14.6 Å². The van der Waals surface area contributed by atoms with Crippen LogP contribution in [0.5, 0.6) is 0 Å². The Balaban J connectivity index is 2.69. The van der Waals surface area contributed by atoms with Crippen molar-refractivity contribution in [2.24, 2.45) is 5.92 Å². The number of carbonyl (C=O) groups excluding carboxylic acids is 1. The molecule has 0 unspecified atom stereocenters. The first kappa shape index (κ1) is 20.1. The molecule has 0 heterocycles. The molecule has 0 aliphatic rings. The van der Waals surface area contributed by atoms with Gasteiger partial charge in [0.25, 0.3) is 0 Å². The SMILES string of the molecule is C[C@H](CO)CCc1ccccc1C#C[C@H](C)NC(=O)OC(C)(C)C. The third-order valence-electron chi connectivity index (χ3n) is 3.39. The standard InChI is InChI=1S/C20H29NO3/c1-15(14-22)10-12-17-8-6-7-9-18(17)13-11-16(2)21-19(23)24-20(3,4)5/h6-9,15-16,22H,10,12,14H2,1-5H3,(H,21,23)/t15-,16-/m0/s1. The summed E-state index contributed by atoms with van der Waals surface area (Å²) in [6.07, 6.45) is 1.33. The van der Waals surface area contributed by atoms with E-state index < -0.39 is 11.7 Å². The van der Waals surface area contributed by atoms with Gasteiger partial charge in [0, 0.05) is 12.2 Å². The van der Waals surface area contributed by atoms with E-state index in [-0.39, 0.29) is 18.6 Å². The lowest BCUT2D eigenvalue weighted by molar-refractivity contribution is 0.0519. The summed E-state index contributed by atoms with van der Waals surface area (Å²) in [5.74, 6) is 6.46. The molecule has 0 saturated carbocycles. The van der Waals surface area contributed by atoms with Gasteiger partial charge < -0.3 is 15.2 Å². The summed E-state index contributed by atoms with van der Waals surface area (Å²) in [5.41, 5.74) is 1.60. The van der Waals surface area contributed by atoms with Crippen LogP contribution in [0.3, 0.4) is 0 Å². The molecule has 0 saturated heterocycles. The first-order valence-electron chi connectivity index (χ1n) is 8.41. The minimum absolute atomic E-state index is 0.199. The van der Waals surface area contributed by atoms with E-state index in [9.17, 15) is 4.79 Å². The second kappa shape index (κ2) is 9.34. The minimum atomic E-state index is -0.521. The lowest BCUT2D eigenvalue weighted by atomic mass is 9.98. The number of aliphatic hydroxyl groups excluding tert-OH is 1. The molecule has 1 aromatic carbocycles. The molecular formula is C20H29NO3. The maximum atomic E-state index is 11.7. The summed E-state index contributed by atoms with van der Waals surface area (Å²) in [7, 11) is 0. The summed E-state index contributed by atoms with van der Waals surface area (Å²) in [5, 5.41) is 11.9. The average molecular weight is 331 g/mol. The summed E-state index contributed by atoms with van der Waals surface area (Å²) in [6, 6.07) is 7.68. The van der Waals surface area contributed by atoms with E-state index in [0.29, 0.717) is 0 Å². The number of aryl methyl sites for hydroxylation is 1. The monoisotopic (exact) mass is 331 g/mol. The van der Waals surface area contributed by atoms with Crippen molar-refractivity contribution in [1.29, 1.82) is 0 Å². The quantitative estimate of drug-likeness (QED) is 0.812. The van der Waals surface area contributed by atoms with Crippen LogP contribution in [0, 0.1) is 17.8 Å². The van der Waals surface area contributed by atoms with Gasteiger partial charge in [-0.05, 0) is 58.1 Å². The van der Waals surface area contributed by atoms with Crippen molar-refractivity contribution in [2.75, 3.05) is 6.61 Å². The Hall–Kier alpha value is -1.99. The van der Waals surface area contributed by atoms with Gasteiger partial charge in [-0.2, -0.15) is 0 Å². The Labute approximate surface area is 145 Å². The number of rotatable bonds is 5. The van der Waals surface area contributed by atoms with E-state index in [1.54, 1.807) is 0 Å². The topological polar surface area (TPSA) is 58.6 Å². The summed E-state index contributed by atoms with van der Waals surface area (Å²) >= 11 is 0. The number of amides is 1. The Kier molecular flexibility index (Phi) is 7.81. The molecular weight excluding hydrogens is 302 g/mol. The van der Waals surface area contributed by atoms with Gasteiger partial charge in [0.05, 0.1) is 6.04 Å². The molecule has 0 fully saturated rings. The predicted molar refractivity (Wildman–Crippen MR) is 96.7 cm³/mol. The van der Waals surface area contributed by atoms with Crippen LogP contribution in [0.25, 0.3) is 0 Å². The molecule has 4 nitrogen and oxygen atoms in total. The van der Waals surface area contributed by atoms with Crippen LogP contribution < -0.4 is 5.32 Å². The maximum absolute atomic E-state index is 11.7. The zero-order valence-corrected chi connectivity index (χ0v) is 15.3. The zero-order chi connectivity index (χ0) is 18.2. The van der Waals surface area contributed by atoms with Gasteiger partial charge in [-0.1, -0.05) is 37.0 Å². The van der Waals surface area contributed by atoms with Crippen molar-refractivity contribution in [2.45, 2.75) is 59.1 Å². The van der Waals surface area contributed by atoms with Crippen LogP contribution in [0.1, 0.15) is 52.2 Å². The number of nitrogens with one attached hydrogen (secondary N) is 1. The molecule has 0 bridgehead atoms. The maximum Gasteiger partial charge on any atom is 0.408 e. The van der Waals surface area contributed by atoms with Gasteiger partial charge in [-0.15, -0.1) is 0 Å². The van der Waals surface area contributed by atoms with Crippen molar-refractivity contribution in [3.8, 4) is 11.8 Å². The predicted octanol–water partition coefficient (Wildman–Crippen LogP) is 3.51. The highest BCUT2D eigenvalue weighted by Gasteiger charge is 2.16. The molecule has 1 aromatic rings. The van der Waals surface area contributed by atoms with Gasteiger partial charge in [-0.25, -0.2) is 4.79 Å². The number of hydrogen-bond acceptors (Lipinski definition) is 3. The molecule has 4 heteroatoms.